The molecule has 3 N–H and O–H groups in total. The van der Waals surface area contributed by atoms with E-state index in [0.717, 1.165) is 5.01 Å². The minimum atomic E-state index is -0.312. The maximum atomic E-state index is 11.8. The fourth-order valence-electron chi connectivity index (χ4n) is 1.36. The summed E-state index contributed by atoms with van der Waals surface area (Å²) in [7, 11) is 0. The molecule has 6 heteroatoms. The number of benzene rings is 1. The Morgan fingerprint density at radius 2 is 2.06 bits per heavy atom. The van der Waals surface area contributed by atoms with Gasteiger partial charge in [-0.15, -0.1) is 0 Å². The first kappa shape index (κ1) is 10.9. The van der Waals surface area contributed by atoms with Gasteiger partial charge in [-0.25, -0.2) is 5.84 Å². The van der Waals surface area contributed by atoms with Gasteiger partial charge in [0, 0.05) is 10.6 Å². The van der Waals surface area contributed by atoms with E-state index in [0.29, 0.717) is 10.6 Å². The van der Waals surface area contributed by atoms with Crippen molar-refractivity contribution in [2.45, 2.75) is 13.1 Å². The third kappa shape index (κ3) is 1.87. The van der Waals surface area contributed by atoms with Crippen molar-refractivity contribution in [3.05, 3.63) is 34.9 Å². The third-order valence-corrected chi connectivity index (χ3v) is 2.59. The lowest BCUT2D eigenvalue weighted by atomic mass is 10.1. The van der Waals surface area contributed by atoms with Crippen LogP contribution in [0.15, 0.2) is 29.4 Å². The fourth-order valence-corrected chi connectivity index (χ4v) is 1.49. The summed E-state index contributed by atoms with van der Waals surface area (Å²) < 4.78 is 0. The molecule has 0 saturated carbocycles. The van der Waals surface area contributed by atoms with Crippen LogP contribution in [0.25, 0.3) is 0 Å². The smallest absolute Gasteiger partial charge is 0.286 e. The highest BCUT2D eigenvalue weighted by atomic mass is 35.5. The molecule has 5 nitrogen and oxygen atoms in total. The number of hydrogen-bond acceptors (Lipinski definition) is 4. The van der Waals surface area contributed by atoms with Gasteiger partial charge in [0.2, 0.25) is 0 Å². The Labute approximate surface area is 97.8 Å². The van der Waals surface area contributed by atoms with Gasteiger partial charge >= 0.3 is 0 Å². The lowest BCUT2D eigenvalue weighted by Gasteiger charge is -2.28. The summed E-state index contributed by atoms with van der Waals surface area (Å²) in [5, 5.41) is 5.71. The number of halogens is 1. The summed E-state index contributed by atoms with van der Waals surface area (Å²) in [4.78, 5) is 11.8. The van der Waals surface area contributed by atoms with Crippen LogP contribution in [0.5, 0.6) is 0 Å². The Morgan fingerprint density at radius 1 is 1.44 bits per heavy atom. The predicted octanol–water partition coefficient (Wildman–Crippen LogP) is 0.696. The molecule has 0 aliphatic carbocycles. The second kappa shape index (κ2) is 4.11. The number of nitrogens with two attached hydrogens (primary N) is 1. The average molecular weight is 239 g/mol. The molecular weight excluding hydrogens is 228 g/mol. The zero-order chi connectivity index (χ0) is 11.7. The second-order valence-corrected chi connectivity index (χ2v) is 3.92. The molecule has 0 bridgehead atoms. The minimum absolute atomic E-state index is 0.289. The highest BCUT2D eigenvalue weighted by Gasteiger charge is 2.27. The van der Waals surface area contributed by atoms with E-state index in [4.69, 9.17) is 17.4 Å². The molecule has 1 atom stereocenters. The topological polar surface area (TPSA) is 70.7 Å². The van der Waals surface area contributed by atoms with Crippen molar-refractivity contribution < 1.29 is 4.79 Å². The summed E-state index contributed by atoms with van der Waals surface area (Å²) >= 11 is 5.76. The van der Waals surface area contributed by atoms with Gasteiger partial charge in [0.1, 0.15) is 6.17 Å². The molecule has 0 radical (unpaired) electrons. The lowest BCUT2D eigenvalue weighted by Crippen LogP contribution is -2.56. The Balaban J connectivity index is 2.34. The maximum absolute atomic E-state index is 11.8. The molecule has 1 aliphatic rings. The van der Waals surface area contributed by atoms with Crippen molar-refractivity contribution in [1.82, 2.24) is 10.4 Å². The Kier molecular flexibility index (Phi) is 2.80. The van der Waals surface area contributed by atoms with E-state index in [-0.39, 0.29) is 17.8 Å². The number of nitrogens with one attached hydrogen (secondary N) is 1. The van der Waals surface area contributed by atoms with E-state index >= 15 is 0 Å². The van der Waals surface area contributed by atoms with E-state index in [2.05, 4.69) is 10.5 Å². The predicted molar refractivity (Wildman–Crippen MR) is 61.6 cm³/mol. The van der Waals surface area contributed by atoms with Gasteiger partial charge in [0.15, 0.2) is 5.71 Å². The van der Waals surface area contributed by atoms with Crippen LogP contribution in [0, 0.1) is 0 Å². The average Bonchev–Trinajstić information content (AvgIpc) is 2.28. The van der Waals surface area contributed by atoms with Crippen molar-refractivity contribution in [2.24, 2.45) is 10.9 Å². The van der Waals surface area contributed by atoms with Crippen LogP contribution in [0.2, 0.25) is 5.02 Å². The molecule has 1 amide bonds. The number of hydrazine groups is 1. The summed E-state index contributed by atoms with van der Waals surface area (Å²) in [6, 6.07) is 6.85. The Bertz CT molecular complexity index is 443. The highest BCUT2D eigenvalue weighted by molar-refractivity contribution is 6.45. The summed E-state index contributed by atoms with van der Waals surface area (Å²) in [6.45, 7) is 1.75. The van der Waals surface area contributed by atoms with Crippen LogP contribution in [0.3, 0.4) is 0 Å². The summed E-state index contributed by atoms with van der Waals surface area (Å²) in [5.41, 5.74) is 3.73. The van der Waals surface area contributed by atoms with Gasteiger partial charge < -0.3 is 0 Å². The Hall–Kier alpha value is -1.59. The SMILES string of the molecule is CC1NN=C(c2ccc(Cl)cc2)C(=O)N1N. The highest BCUT2D eigenvalue weighted by Crippen LogP contribution is 2.12. The summed E-state index contributed by atoms with van der Waals surface area (Å²) in [5.74, 6) is 5.28. The van der Waals surface area contributed by atoms with Gasteiger partial charge in [-0.1, -0.05) is 23.7 Å². The van der Waals surface area contributed by atoms with Gasteiger partial charge in [0.05, 0.1) is 0 Å². The molecule has 1 aromatic rings. The lowest BCUT2D eigenvalue weighted by molar-refractivity contribution is -0.127. The van der Waals surface area contributed by atoms with E-state index in [1.807, 2.05) is 0 Å². The van der Waals surface area contributed by atoms with Crippen molar-refractivity contribution in [2.75, 3.05) is 0 Å². The number of hydrogen-bond donors (Lipinski definition) is 2. The number of nitrogens with zero attached hydrogens (tertiary/aromatic N) is 2. The van der Waals surface area contributed by atoms with Crippen LogP contribution >= 0.6 is 11.6 Å². The van der Waals surface area contributed by atoms with Gasteiger partial charge in [-0.3, -0.25) is 15.2 Å². The quantitative estimate of drug-likeness (QED) is 0.559. The molecule has 1 aliphatic heterocycles. The van der Waals surface area contributed by atoms with E-state index in [9.17, 15) is 4.79 Å². The van der Waals surface area contributed by atoms with E-state index < -0.39 is 0 Å². The molecule has 0 fully saturated rings. The molecule has 0 saturated heterocycles. The van der Waals surface area contributed by atoms with Crippen LogP contribution in [-0.2, 0) is 4.79 Å². The van der Waals surface area contributed by atoms with Crippen molar-refractivity contribution in [1.29, 1.82) is 0 Å². The standard InChI is InChI=1S/C10H11ClN4O/c1-6-13-14-9(10(16)15(6)12)7-2-4-8(11)5-3-7/h2-6,13H,12H2,1H3. The van der Waals surface area contributed by atoms with E-state index in [1.54, 1.807) is 31.2 Å². The largest absolute Gasteiger partial charge is 0.290 e. The normalized spacial score (nSPS) is 20.4. The Morgan fingerprint density at radius 3 is 2.69 bits per heavy atom. The minimum Gasteiger partial charge on any atom is -0.286 e. The number of carbonyl (C=O) groups excluding carboxylic acids is 1. The van der Waals surface area contributed by atoms with E-state index in [1.165, 1.54) is 0 Å². The van der Waals surface area contributed by atoms with Crippen LogP contribution in [0.4, 0.5) is 0 Å². The first-order chi connectivity index (χ1) is 7.59. The second-order valence-electron chi connectivity index (χ2n) is 3.48. The molecule has 0 spiro atoms. The zero-order valence-electron chi connectivity index (χ0n) is 8.64. The molecular formula is C10H11ClN4O. The monoisotopic (exact) mass is 238 g/mol. The van der Waals surface area contributed by atoms with Gasteiger partial charge in [-0.2, -0.15) is 5.10 Å². The molecule has 1 heterocycles. The maximum Gasteiger partial charge on any atom is 0.290 e. The number of rotatable bonds is 1. The molecule has 16 heavy (non-hydrogen) atoms. The van der Waals surface area contributed by atoms with Crippen LogP contribution in [0.1, 0.15) is 12.5 Å². The molecule has 1 aromatic carbocycles. The van der Waals surface area contributed by atoms with Crippen LogP contribution < -0.4 is 11.3 Å². The molecule has 0 aromatic heterocycles. The van der Waals surface area contributed by atoms with Gasteiger partial charge in [-0.05, 0) is 19.1 Å². The zero-order valence-corrected chi connectivity index (χ0v) is 9.40. The van der Waals surface area contributed by atoms with Crippen molar-refractivity contribution in [3.63, 3.8) is 0 Å². The molecule has 2 rings (SSSR count). The first-order valence-corrected chi connectivity index (χ1v) is 5.15. The number of carbonyl (C=O) groups is 1. The summed E-state index contributed by atoms with van der Waals surface area (Å²) in [6.07, 6.45) is -0.302. The van der Waals surface area contributed by atoms with Crippen molar-refractivity contribution in [3.8, 4) is 0 Å². The molecule has 84 valence electrons. The number of amides is 1. The third-order valence-electron chi connectivity index (χ3n) is 2.34. The van der Waals surface area contributed by atoms with Crippen LogP contribution in [-0.4, -0.2) is 22.8 Å². The van der Waals surface area contributed by atoms with Crippen molar-refractivity contribution >= 4 is 23.2 Å². The molecule has 1 unspecified atom stereocenters. The first-order valence-electron chi connectivity index (χ1n) is 4.77. The number of hydrazone groups is 1. The van der Waals surface area contributed by atoms with Gasteiger partial charge in [0.25, 0.3) is 5.91 Å². The fraction of sp³-hybridized carbons (Fsp3) is 0.200.